The largest absolute Gasteiger partial charge is 0.519 e. The Kier molecular flexibility index (Phi) is 6.47. The van der Waals surface area contributed by atoms with Gasteiger partial charge < -0.3 is 14.2 Å². The predicted octanol–water partition coefficient (Wildman–Crippen LogP) is 3.30. The van der Waals surface area contributed by atoms with Crippen molar-refractivity contribution >= 4 is 24.7 Å². The van der Waals surface area contributed by atoms with E-state index < -0.39 is 23.5 Å². The number of hydrogen-bond donors (Lipinski definition) is 0. The van der Waals surface area contributed by atoms with E-state index in [9.17, 15) is 9.59 Å². The SMILES string of the molecule is CC(C)(C)OC(=O)OC(=O)OC(C)(C)C.Cl. The van der Waals surface area contributed by atoms with Crippen molar-refractivity contribution in [1.29, 1.82) is 0 Å². The fraction of sp³-hybridized carbons (Fsp3) is 0.800. The van der Waals surface area contributed by atoms with E-state index in [0.29, 0.717) is 0 Å². The van der Waals surface area contributed by atoms with Gasteiger partial charge in [0.1, 0.15) is 11.2 Å². The Morgan fingerprint density at radius 1 is 0.750 bits per heavy atom. The third kappa shape index (κ3) is 11.1. The Labute approximate surface area is 102 Å². The van der Waals surface area contributed by atoms with Crippen LogP contribution >= 0.6 is 12.4 Å². The molecule has 0 N–H and O–H groups in total. The minimum absolute atomic E-state index is 0. The van der Waals surface area contributed by atoms with Crippen molar-refractivity contribution in [2.75, 3.05) is 0 Å². The van der Waals surface area contributed by atoms with Crippen molar-refractivity contribution in [3.63, 3.8) is 0 Å². The van der Waals surface area contributed by atoms with Gasteiger partial charge in [-0.1, -0.05) is 0 Å². The first-order valence-electron chi connectivity index (χ1n) is 4.63. The molecule has 0 heterocycles. The van der Waals surface area contributed by atoms with E-state index in [0.717, 1.165) is 0 Å². The van der Waals surface area contributed by atoms with Gasteiger partial charge in [-0.25, -0.2) is 9.59 Å². The van der Waals surface area contributed by atoms with Gasteiger partial charge in [0.2, 0.25) is 0 Å². The zero-order chi connectivity index (χ0) is 12.3. The molecule has 0 rings (SSSR count). The molecule has 0 aliphatic carbocycles. The van der Waals surface area contributed by atoms with Crippen LogP contribution in [0.5, 0.6) is 0 Å². The molecule has 0 radical (unpaired) electrons. The lowest BCUT2D eigenvalue weighted by molar-refractivity contribution is -0.0293. The summed E-state index contributed by atoms with van der Waals surface area (Å²) in [6, 6.07) is 0. The van der Waals surface area contributed by atoms with E-state index in [1.807, 2.05) is 0 Å². The van der Waals surface area contributed by atoms with E-state index in [2.05, 4.69) is 4.74 Å². The third-order valence-corrected chi connectivity index (χ3v) is 0.946. The Bertz CT molecular complexity index is 223. The number of carbonyl (C=O) groups is 2. The molecule has 0 saturated carbocycles. The third-order valence-electron chi connectivity index (χ3n) is 0.946. The zero-order valence-corrected chi connectivity index (χ0v) is 11.3. The van der Waals surface area contributed by atoms with Crippen LogP contribution in [0.2, 0.25) is 0 Å². The fourth-order valence-corrected chi connectivity index (χ4v) is 0.610. The quantitative estimate of drug-likeness (QED) is 0.490. The number of halogens is 1. The first kappa shape index (κ1) is 17.4. The topological polar surface area (TPSA) is 61.8 Å². The van der Waals surface area contributed by atoms with Crippen LogP contribution in [-0.2, 0) is 14.2 Å². The van der Waals surface area contributed by atoms with Crippen LogP contribution in [0.25, 0.3) is 0 Å². The highest BCUT2D eigenvalue weighted by Gasteiger charge is 2.24. The standard InChI is InChI=1S/C10H18O5.ClH/c1-9(2,3)14-7(11)13-8(12)15-10(4,5)6;/h1-6H3;1H. The summed E-state index contributed by atoms with van der Waals surface area (Å²) in [7, 11) is 0. The molecule has 0 atom stereocenters. The molecule has 96 valence electrons. The molecular weight excluding hydrogens is 236 g/mol. The number of carbonyl (C=O) groups excluding carboxylic acids is 2. The molecule has 0 aromatic carbocycles. The van der Waals surface area contributed by atoms with Crippen LogP contribution in [0.3, 0.4) is 0 Å². The fourth-order valence-electron chi connectivity index (χ4n) is 0.610. The molecule has 0 saturated heterocycles. The van der Waals surface area contributed by atoms with Gasteiger partial charge in [0.05, 0.1) is 0 Å². The molecule has 0 spiro atoms. The van der Waals surface area contributed by atoms with Gasteiger partial charge in [-0.2, -0.15) is 0 Å². The second-order valence-corrected chi connectivity index (χ2v) is 5.03. The van der Waals surface area contributed by atoms with Gasteiger partial charge in [-0.05, 0) is 41.5 Å². The van der Waals surface area contributed by atoms with Gasteiger partial charge >= 0.3 is 12.3 Å². The van der Waals surface area contributed by atoms with E-state index in [-0.39, 0.29) is 12.4 Å². The molecule has 0 unspecified atom stereocenters. The van der Waals surface area contributed by atoms with Crippen LogP contribution < -0.4 is 0 Å². The lowest BCUT2D eigenvalue weighted by Crippen LogP contribution is -2.29. The van der Waals surface area contributed by atoms with Gasteiger partial charge in [0, 0.05) is 0 Å². The lowest BCUT2D eigenvalue weighted by Gasteiger charge is -2.20. The Morgan fingerprint density at radius 2 is 1.00 bits per heavy atom. The Balaban J connectivity index is 0. The van der Waals surface area contributed by atoms with Crippen molar-refractivity contribution in [2.45, 2.75) is 52.7 Å². The molecule has 16 heavy (non-hydrogen) atoms. The van der Waals surface area contributed by atoms with Gasteiger partial charge in [-0.3, -0.25) is 0 Å². The Hall–Kier alpha value is -0.970. The minimum Gasteiger partial charge on any atom is -0.428 e. The van der Waals surface area contributed by atoms with Crippen molar-refractivity contribution in [2.24, 2.45) is 0 Å². The summed E-state index contributed by atoms with van der Waals surface area (Å²) in [5, 5.41) is 0. The van der Waals surface area contributed by atoms with Crippen molar-refractivity contribution in [1.82, 2.24) is 0 Å². The van der Waals surface area contributed by atoms with Crippen molar-refractivity contribution in [3.8, 4) is 0 Å². The van der Waals surface area contributed by atoms with Crippen molar-refractivity contribution in [3.05, 3.63) is 0 Å². The van der Waals surface area contributed by atoms with Crippen LogP contribution in [0.15, 0.2) is 0 Å². The van der Waals surface area contributed by atoms with E-state index in [1.165, 1.54) is 0 Å². The van der Waals surface area contributed by atoms with E-state index in [4.69, 9.17) is 9.47 Å². The highest BCUT2D eigenvalue weighted by atomic mass is 35.5. The Morgan fingerprint density at radius 3 is 1.19 bits per heavy atom. The van der Waals surface area contributed by atoms with Crippen LogP contribution in [0.4, 0.5) is 9.59 Å². The molecule has 0 aromatic rings. The summed E-state index contributed by atoms with van der Waals surface area (Å²) in [6.07, 6.45) is -2.12. The maximum absolute atomic E-state index is 11.0. The van der Waals surface area contributed by atoms with Crippen LogP contribution in [-0.4, -0.2) is 23.5 Å². The van der Waals surface area contributed by atoms with E-state index in [1.54, 1.807) is 41.5 Å². The summed E-state index contributed by atoms with van der Waals surface area (Å²) in [4.78, 5) is 22.0. The molecular formula is C10H19ClO5. The number of hydrogen-bond acceptors (Lipinski definition) is 5. The summed E-state index contributed by atoms with van der Waals surface area (Å²) < 4.78 is 13.8. The monoisotopic (exact) mass is 254 g/mol. The molecule has 0 aromatic heterocycles. The van der Waals surface area contributed by atoms with Crippen molar-refractivity contribution < 1.29 is 23.8 Å². The normalized spacial score (nSPS) is 11.1. The molecule has 0 bridgehead atoms. The zero-order valence-electron chi connectivity index (χ0n) is 10.4. The molecule has 0 fully saturated rings. The van der Waals surface area contributed by atoms with E-state index >= 15 is 0 Å². The van der Waals surface area contributed by atoms with Crippen LogP contribution in [0, 0.1) is 0 Å². The first-order valence-corrected chi connectivity index (χ1v) is 4.63. The smallest absolute Gasteiger partial charge is 0.428 e. The number of rotatable bonds is 0. The highest BCUT2D eigenvalue weighted by molar-refractivity contribution is 5.85. The molecule has 0 aliphatic heterocycles. The minimum atomic E-state index is -1.06. The lowest BCUT2D eigenvalue weighted by atomic mass is 10.2. The predicted molar refractivity (Wildman–Crippen MR) is 60.8 cm³/mol. The average molecular weight is 255 g/mol. The second kappa shape index (κ2) is 5.94. The van der Waals surface area contributed by atoms with Gasteiger partial charge in [0.25, 0.3) is 0 Å². The molecule has 0 aliphatic rings. The summed E-state index contributed by atoms with van der Waals surface area (Å²) in [5.41, 5.74) is -1.39. The maximum Gasteiger partial charge on any atom is 0.519 e. The molecule has 5 nitrogen and oxygen atoms in total. The molecule has 0 amide bonds. The summed E-state index contributed by atoms with van der Waals surface area (Å²) in [5.74, 6) is 0. The average Bonchev–Trinajstić information content (AvgIpc) is 1.73. The highest BCUT2D eigenvalue weighted by Crippen LogP contribution is 2.11. The second-order valence-electron chi connectivity index (χ2n) is 5.03. The molecule has 6 heteroatoms. The van der Waals surface area contributed by atoms with Crippen LogP contribution in [0.1, 0.15) is 41.5 Å². The first-order chi connectivity index (χ1) is 6.49. The van der Waals surface area contributed by atoms with Gasteiger partial charge in [0.15, 0.2) is 0 Å². The summed E-state index contributed by atoms with van der Waals surface area (Å²) in [6.45, 7) is 10.0. The van der Waals surface area contributed by atoms with Gasteiger partial charge in [-0.15, -0.1) is 12.4 Å². The summed E-state index contributed by atoms with van der Waals surface area (Å²) >= 11 is 0. The number of ether oxygens (including phenoxy) is 3. The maximum atomic E-state index is 11.0.